The Kier molecular flexibility index (Phi) is 13.9. The number of nitrogens with zero attached hydrogens (tertiary/aromatic N) is 6. The van der Waals surface area contributed by atoms with Gasteiger partial charge >= 0.3 is 5.82 Å². The van der Waals surface area contributed by atoms with Crippen molar-refractivity contribution in [2.45, 2.75) is 13.5 Å². The van der Waals surface area contributed by atoms with Gasteiger partial charge in [-0.15, -0.1) is 9.98 Å². The molecule has 0 radical (unpaired) electrons. The van der Waals surface area contributed by atoms with E-state index in [1.807, 2.05) is 30.3 Å². The summed E-state index contributed by atoms with van der Waals surface area (Å²) in [6, 6.07) is 9.93. The van der Waals surface area contributed by atoms with Gasteiger partial charge in [-0.1, -0.05) is 58.5 Å². The zero-order chi connectivity index (χ0) is 20.1. The van der Waals surface area contributed by atoms with Crippen molar-refractivity contribution < 1.29 is 4.74 Å². The Bertz CT molecular complexity index is 930. The molecule has 0 aliphatic heterocycles. The standard InChI is InChI=1S/C11H10N4.C7H8N4O.CH3.BH4/c1-13-11-10(12)15(8-14-11)7-9-5-3-2-4-6-9;1-4-12-5-11-7(10-3)6(8)9-2;;/h2-6,8H,7,12H2;5H,4,8H2,1H3;1H3;1H4/q;;2*-1/b;7-6+,11-5?;;. The number of aliphatic imine (C=N–C) groups is 1. The lowest BCUT2D eigenvalue weighted by Crippen LogP contribution is -2.02. The molecule has 0 spiro atoms. The highest BCUT2D eigenvalue weighted by atomic mass is 16.5. The topological polar surface area (TPSA) is 105 Å². The number of hydrogen-bond acceptors (Lipinski definition) is 5. The van der Waals surface area contributed by atoms with Gasteiger partial charge in [0, 0.05) is 0 Å². The van der Waals surface area contributed by atoms with Crippen LogP contribution in [0.2, 0.25) is 0 Å². The lowest BCUT2D eigenvalue weighted by atomic mass is 10.2. The van der Waals surface area contributed by atoms with Gasteiger partial charge in [0.1, 0.15) is 5.82 Å². The van der Waals surface area contributed by atoms with Crippen LogP contribution < -0.4 is 11.5 Å². The molecule has 0 saturated heterocycles. The normalized spacial score (nSPS) is 9.86. The Morgan fingerprint density at radius 1 is 1.24 bits per heavy atom. The summed E-state index contributed by atoms with van der Waals surface area (Å²) in [5.74, 6) is 0.333. The van der Waals surface area contributed by atoms with Crippen molar-refractivity contribution in [3.8, 4) is 0 Å². The number of benzene rings is 1. The number of rotatable bonds is 5. The number of nitrogen functional groups attached to an aromatic ring is 1. The van der Waals surface area contributed by atoms with Crippen LogP contribution in [-0.4, -0.2) is 31.0 Å². The van der Waals surface area contributed by atoms with Crippen molar-refractivity contribution in [3.05, 3.63) is 95.5 Å². The van der Waals surface area contributed by atoms with Crippen LogP contribution in [0.4, 0.5) is 11.6 Å². The van der Waals surface area contributed by atoms with Crippen LogP contribution in [0, 0.1) is 27.1 Å². The maximum absolute atomic E-state index is 6.85. The molecule has 0 amide bonds. The van der Waals surface area contributed by atoms with Crippen molar-refractivity contribution in [3.63, 3.8) is 0 Å². The predicted octanol–water partition coefficient (Wildman–Crippen LogP) is 2.04. The first-order valence-corrected chi connectivity index (χ1v) is 7.68. The molecule has 0 saturated carbocycles. The maximum atomic E-state index is 6.85. The summed E-state index contributed by atoms with van der Waals surface area (Å²) in [7, 11) is 0. The van der Waals surface area contributed by atoms with Crippen molar-refractivity contribution in [1.29, 1.82) is 0 Å². The van der Waals surface area contributed by atoms with E-state index in [9.17, 15) is 0 Å². The first kappa shape index (κ1) is 27.0. The van der Waals surface area contributed by atoms with Crippen LogP contribution in [0.25, 0.3) is 14.5 Å². The van der Waals surface area contributed by atoms with Crippen molar-refractivity contribution in [2.24, 2.45) is 10.7 Å². The van der Waals surface area contributed by atoms with Gasteiger partial charge in [0.2, 0.25) is 5.82 Å². The second kappa shape index (κ2) is 14.9. The second-order valence-corrected chi connectivity index (χ2v) is 4.80. The molecular weight excluding hydrogens is 367 g/mol. The van der Waals surface area contributed by atoms with E-state index in [-0.39, 0.29) is 33.3 Å². The van der Waals surface area contributed by atoms with Crippen molar-refractivity contribution >= 4 is 26.4 Å². The summed E-state index contributed by atoms with van der Waals surface area (Å²) >= 11 is 0. The molecule has 0 bridgehead atoms. The molecule has 1 aromatic heterocycles. The van der Waals surface area contributed by atoms with Crippen LogP contribution in [0.1, 0.15) is 12.5 Å². The monoisotopic (exact) mass is 392 g/mol. The Hall–Kier alpha value is -4.23. The van der Waals surface area contributed by atoms with Gasteiger partial charge in [-0.25, -0.2) is 0 Å². The zero-order valence-corrected chi connectivity index (χ0v) is 15.7. The second-order valence-electron chi connectivity index (χ2n) is 4.80. The average molecular weight is 392 g/mol. The van der Waals surface area contributed by atoms with Gasteiger partial charge in [0.25, 0.3) is 12.2 Å². The van der Waals surface area contributed by atoms with E-state index in [2.05, 4.69) is 24.5 Å². The summed E-state index contributed by atoms with van der Waals surface area (Å²) in [6.45, 7) is 22.9. The smallest absolute Gasteiger partial charge is 0.311 e. The summed E-state index contributed by atoms with van der Waals surface area (Å²) in [4.78, 5) is 16.5. The van der Waals surface area contributed by atoms with E-state index in [4.69, 9.17) is 35.9 Å². The van der Waals surface area contributed by atoms with E-state index in [1.165, 1.54) is 0 Å². The Labute approximate surface area is 173 Å². The third-order valence-electron chi connectivity index (χ3n) is 3.03. The predicted molar refractivity (Wildman–Crippen MR) is 121 cm³/mol. The Balaban J connectivity index is 0. The highest BCUT2D eigenvalue weighted by molar-refractivity contribution is 5.75. The van der Waals surface area contributed by atoms with E-state index >= 15 is 0 Å². The molecule has 2 rings (SSSR count). The first-order valence-electron chi connectivity index (χ1n) is 7.68. The van der Waals surface area contributed by atoms with Gasteiger partial charge in [0.15, 0.2) is 6.33 Å². The van der Waals surface area contributed by atoms with Crippen LogP contribution in [0.3, 0.4) is 0 Å². The Morgan fingerprint density at radius 2 is 1.90 bits per heavy atom. The summed E-state index contributed by atoms with van der Waals surface area (Å²) in [5.41, 5.74) is 12.0. The van der Waals surface area contributed by atoms with E-state index < -0.39 is 0 Å². The molecule has 4 N–H and O–H groups in total. The molecule has 0 unspecified atom stereocenters. The maximum Gasteiger partial charge on any atom is 0.311 e. The lowest BCUT2D eigenvalue weighted by molar-refractivity contribution is 0.343. The van der Waals surface area contributed by atoms with Crippen LogP contribution >= 0.6 is 0 Å². The fraction of sp³-hybridized carbons (Fsp3) is 0.158. The molecule has 29 heavy (non-hydrogen) atoms. The number of imidazole rings is 1. The van der Waals surface area contributed by atoms with Gasteiger partial charge in [-0.3, -0.25) is 0 Å². The van der Waals surface area contributed by atoms with E-state index in [1.54, 1.807) is 17.8 Å². The third-order valence-corrected chi connectivity index (χ3v) is 3.03. The molecule has 10 heteroatoms. The van der Waals surface area contributed by atoms with Crippen LogP contribution in [-0.2, 0) is 11.3 Å². The van der Waals surface area contributed by atoms with Crippen LogP contribution in [0.15, 0.2) is 53.3 Å². The molecule has 1 heterocycles. The number of anilines is 1. The molecule has 0 atom stereocenters. The van der Waals surface area contributed by atoms with Crippen LogP contribution in [0.5, 0.6) is 0 Å². The zero-order valence-electron chi connectivity index (χ0n) is 15.7. The fourth-order valence-electron chi connectivity index (χ4n) is 1.74. The van der Waals surface area contributed by atoms with Gasteiger partial charge in [-0.2, -0.15) is 0 Å². The number of ether oxygens (including phenoxy) is 1. The summed E-state index contributed by atoms with van der Waals surface area (Å²) < 4.78 is 6.50. The summed E-state index contributed by atoms with van der Waals surface area (Å²) in [5, 5.41) is 0. The average Bonchev–Trinajstić information content (AvgIpc) is 3.05. The molecular formula is C19H25BN8O-2. The quantitative estimate of drug-likeness (QED) is 0.352. The summed E-state index contributed by atoms with van der Waals surface area (Å²) in [6.07, 6.45) is 2.70. The number of nitrogens with two attached hydrogens (primary N) is 2. The van der Waals surface area contributed by atoms with Crippen molar-refractivity contribution in [2.75, 3.05) is 12.3 Å². The molecule has 0 aliphatic carbocycles. The van der Waals surface area contributed by atoms with E-state index in [0.717, 1.165) is 12.0 Å². The van der Waals surface area contributed by atoms with Gasteiger partial charge < -0.3 is 42.7 Å². The van der Waals surface area contributed by atoms with E-state index in [0.29, 0.717) is 19.0 Å². The number of aromatic nitrogens is 2. The molecule has 0 aliphatic rings. The minimum atomic E-state index is -0.221. The molecule has 152 valence electrons. The largest absolute Gasteiger partial charge is 0.466 e. The SMILES string of the molecule is [BH4-].[C-]#[N+]/C(N)=C(/N=COCC)[N+]#[C-].[C-]#[N+]c1ncn(Cc2ccccc2)c1N.[CH3-]. The van der Waals surface area contributed by atoms with Gasteiger partial charge in [-0.05, 0) is 12.5 Å². The highest BCUT2D eigenvalue weighted by Crippen LogP contribution is 2.19. The third kappa shape index (κ3) is 8.81. The number of hydrogen-bond donors (Lipinski definition) is 2. The van der Waals surface area contributed by atoms with Crippen molar-refractivity contribution in [1.82, 2.24) is 9.55 Å². The molecule has 9 nitrogen and oxygen atoms in total. The molecule has 0 fully saturated rings. The minimum absolute atomic E-state index is 0. The lowest BCUT2D eigenvalue weighted by Gasteiger charge is -2.03. The molecule has 2 aromatic rings. The minimum Gasteiger partial charge on any atom is -0.466 e. The first-order chi connectivity index (χ1) is 13.1. The van der Waals surface area contributed by atoms with Gasteiger partial charge in [0.05, 0.1) is 13.2 Å². The Morgan fingerprint density at radius 3 is 2.38 bits per heavy atom. The highest BCUT2D eigenvalue weighted by Gasteiger charge is 2.07. The molecule has 1 aromatic carbocycles. The fourth-order valence-corrected chi connectivity index (χ4v) is 1.74.